The highest BCUT2D eigenvalue weighted by molar-refractivity contribution is 6.04. The SMILES string of the molecule is CN1CC[C@@](O)(C#Cc2cccc(-n3nc(C(N)=O)c4ccc(N5CCOCC5)nc43)c2)C1=O.CO.COC(=O)c1nn(-c2cccc(C#C[C@]3(O)CCN(C)C3=O)c2)c2nc(N3CCOCC3)ccc12.N. The van der Waals surface area contributed by atoms with Gasteiger partial charge < -0.3 is 61.0 Å². The van der Waals surface area contributed by atoms with Gasteiger partial charge in [-0.1, -0.05) is 35.8 Å². The zero-order valence-electron chi connectivity index (χ0n) is 40.4. The Morgan fingerprint density at radius 1 is 0.653 bits per heavy atom. The zero-order chi connectivity index (χ0) is 50.5. The fourth-order valence-electron chi connectivity index (χ4n) is 8.42. The van der Waals surface area contributed by atoms with E-state index >= 15 is 0 Å². The Morgan fingerprint density at radius 3 is 1.46 bits per heavy atom. The molecule has 8 heterocycles. The van der Waals surface area contributed by atoms with Gasteiger partial charge in [0.05, 0.1) is 55.7 Å². The Bertz CT molecular complexity index is 3140. The number of aliphatic hydroxyl groups excluding tert-OH is 1. The van der Waals surface area contributed by atoms with Gasteiger partial charge in [-0.05, 0) is 60.7 Å². The number of aromatic nitrogens is 6. The van der Waals surface area contributed by atoms with Crippen molar-refractivity contribution < 1.29 is 48.7 Å². The second-order valence-electron chi connectivity index (χ2n) is 16.9. The van der Waals surface area contributed by atoms with E-state index < -0.39 is 34.9 Å². The normalized spacial score (nSPS) is 19.5. The van der Waals surface area contributed by atoms with Crippen molar-refractivity contribution >= 4 is 57.4 Å². The molecule has 6 aromatic rings. The first kappa shape index (κ1) is 51.9. The molecule has 0 radical (unpaired) electrons. The molecule has 3 amide bonds. The summed E-state index contributed by atoms with van der Waals surface area (Å²) in [5.41, 5.74) is 5.93. The molecule has 72 heavy (non-hydrogen) atoms. The smallest absolute Gasteiger partial charge is 0.359 e. The summed E-state index contributed by atoms with van der Waals surface area (Å²) in [7, 11) is 5.59. The number of pyridine rings is 2. The number of carbonyl (C=O) groups is 4. The molecule has 376 valence electrons. The molecule has 0 bridgehead atoms. The number of morpholine rings is 2. The topological polar surface area (TPSA) is 292 Å². The van der Waals surface area contributed by atoms with Gasteiger partial charge in [0.25, 0.3) is 17.7 Å². The van der Waals surface area contributed by atoms with Crippen LogP contribution in [0.4, 0.5) is 11.6 Å². The molecule has 0 aliphatic carbocycles. The standard InChI is InChI=1S/C25H25N5O5.C24H24N6O4.CH4O.H3N/c1-28-11-10-25(33,24(28)32)9-8-17-4-3-5-18(16-17)30-22-19(21(27-30)23(31)34-2)6-7-20(26-22)29-12-14-35-15-13-29;1-28-10-9-24(33,23(28)32)8-7-16-3-2-4-17(15-16)30-22-18(20(27-30)21(25)31)5-6-19(26-22)29-11-13-34-14-12-29;1-2;/h3-7,16,33H,10-15H2,1-2H3;2-6,15,33H,9-14H2,1H3,(H2,25,31);2H,1H3;1H3/t25-;24-;;/m00../s1. The number of ether oxygens (including phenoxy) is 3. The van der Waals surface area contributed by atoms with Crippen LogP contribution < -0.4 is 21.7 Å². The van der Waals surface area contributed by atoms with Crippen LogP contribution in [-0.4, -0.2) is 184 Å². The molecule has 22 heteroatoms. The molecule has 4 fully saturated rings. The fraction of sp³-hybridized carbons (Fsp3) is 0.360. The van der Waals surface area contributed by atoms with E-state index in [0.29, 0.717) is 84.1 Å². The summed E-state index contributed by atoms with van der Waals surface area (Å²) in [6, 6.07) is 21.7. The van der Waals surface area contributed by atoms with Crippen molar-refractivity contribution in [2.45, 2.75) is 24.0 Å². The van der Waals surface area contributed by atoms with Gasteiger partial charge in [-0.15, -0.1) is 0 Å². The number of nitrogens with zero attached hydrogens (tertiary/aromatic N) is 10. The quantitative estimate of drug-likeness (QED) is 0.115. The Morgan fingerprint density at radius 2 is 1.07 bits per heavy atom. The number of carbonyl (C=O) groups excluding carboxylic acids is 4. The number of likely N-dealkylation sites (tertiary alicyclic amines) is 2. The number of hydrogen-bond acceptors (Lipinski definition) is 17. The predicted octanol–water partition coefficient (Wildman–Crippen LogP) is 1.06. The Hall–Kier alpha value is -7.96. The number of anilines is 2. The highest BCUT2D eigenvalue weighted by Gasteiger charge is 2.43. The summed E-state index contributed by atoms with van der Waals surface area (Å²) in [5.74, 6) is 10.8. The predicted molar refractivity (Wildman–Crippen MR) is 265 cm³/mol. The minimum absolute atomic E-state index is 0. The summed E-state index contributed by atoms with van der Waals surface area (Å²) in [6.07, 6.45) is 0.518. The lowest BCUT2D eigenvalue weighted by molar-refractivity contribution is -0.138. The lowest BCUT2D eigenvalue weighted by Gasteiger charge is -2.27. The molecule has 0 spiro atoms. The Labute approximate surface area is 414 Å². The van der Waals surface area contributed by atoms with Gasteiger partial charge in [0.1, 0.15) is 11.6 Å². The molecule has 0 saturated carbocycles. The summed E-state index contributed by atoms with van der Waals surface area (Å²) in [5, 5.41) is 38.3. The van der Waals surface area contributed by atoms with Crippen LogP contribution in [0.5, 0.6) is 0 Å². The number of amides is 3. The van der Waals surface area contributed by atoms with Crippen molar-refractivity contribution in [3.8, 4) is 35.1 Å². The number of benzene rings is 2. The van der Waals surface area contributed by atoms with Crippen LogP contribution in [0, 0.1) is 23.7 Å². The lowest BCUT2D eigenvalue weighted by Crippen LogP contribution is -2.37. The minimum atomic E-state index is -1.68. The third kappa shape index (κ3) is 10.5. The highest BCUT2D eigenvalue weighted by Crippen LogP contribution is 2.28. The molecule has 4 aromatic heterocycles. The average molecular weight is 985 g/mol. The van der Waals surface area contributed by atoms with Gasteiger partial charge in [-0.2, -0.15) is 10.2 Å². The molecule has 0 unspecified atom stereocenters. The lowest BCUT2D eigenvalue weighted by atomic mass is 10.0. The number of hydrogen-bond donors (Lipinski definition) is 5. The van der Waals surface area contributed by atoms with E-state index in [1.54, 1.807) is 65.9 Å². The summed E-state index contributed by atoms with van der Waals surface area (Å²) in [4.78, 5) is 65.7. The first-order valence-corrected chi connectivity index (χ1v) is 22.8. The number of esters is 1. The maximum Gasteiger partial charge on any atom is 0.359 e. The molecule has 22 nitrogen and oxygen atoms in total. The molecule has 4 saturated heterocycles. The number of likely N-dealkylation sites (N-methyl/N-ethyl adjacent to an activating group) is 2. The molecule has 2 aromatic carbocycles. The number of methoxy groups -OCH3 is 1. The van der Waals surface area contributed by atoms with Crippen LogP contribution in [0.15, 0.2) is 72.8 Å². The van der Waals surface area contributed by atoms with Gasteiger partial charge in [0, 0.05) is 84.4 Å². The maximum absolute atomic E-state index is 12.4. The van der Waals surface area contributed by atoms with Crippen molar-refractivity contribution in [2.75, 3.05) is 104 Å². The second-order valence-corrected chi connectivity index (χ2v) is 16.9. The van der Waals surface area contributed by atoms with Crippen LogP contribution in [0.2, 0.25) is 0 Å². The highest BCUT2D eigenvalue weighted by atomic mass is 16.5. The maximum atomic E-state index is 12.4. The fourth-order valence-corrected chi connectivity index (χ4v) is 8.42. The van der Waals surface area contributed by atoms with Gasteiger partial charge >= 0.3 is 5.97 Å². The van der Waals surface area contributed by atoms with E-state index in [-0.39, 0.29) is 30.4 Å². The monoisotopic (exact) mass is 984 g/mol. The minimum Gasteiger partial charge on any atom is -0.464 e. The number of nitrogens with two attached hydrogens (primary N) is 1. The average Bonchev–Trinajstić information content (AvgIpc) is 4.14. The van der Waals surface area contributed by atoms with Crippen molar-refractivity contribution in [3.05, 3.63) is 95.3 Å². The van der Waals surface area contributed by atoms with Crippen molar-refractivity contribution in [3.63, 3.8) is 0 Å². The van der Waals surface area contributed by atoms with E-state index in [1.807, 2.05) is 30.3 Å². The van der Waals surface area contributed by atoms with Crippen molar-refractivity contribution in [1.29, 1.82) is 0 Å². The molecule has 4 aliphatic heterocycles. The van der Waals surface area contributed by atoms with Crippen LogP contribution in [0.1, 0.15) is 44.9 Å². The molecular weight excluding hydrogens is 929 g/mol. The molecule has 10 rings (SSSR count). The van der Waals surface area contributed by atoms with E-state index in [4.69, 9.17) is 35.0 Å². The van der Waals surface area contributed by atoms with Crippen molar-refractivity contribution in [2.24, 2.45) is 5.73 Å². The molecule has 2 atom stereocenters. The number of fused-ring (bicyclic) bond motifs is 2. The molecule has 8 N–H and O–H groups in total. The first-order chi connectivity index (χ1) is 34.2. The Kier molecular flexibility index (Phi) is 15.8. The third-order valence-corrected chi connectivity index (χ3v) is 12.3. The second kappa shape index (κ2) is 22.0. The van der Waals surface area contributed by atoms with Crippen LogP contribution in [-0.2, 0) is 23.8 Å². The first-order valence-electron chi connectivity index (χ1n) is 22.8. The van der Waals surface area contributed by atoms with Crippen LogP contribution >= 0.6 is 0 Å². The van der Waals surface area contributed by atoms with E-state index in [2.05, 4.69) is 43.7 Å². The van der Waals surface area contributed by atoms with Crippen molar-refractivity contribution in [1.82, 2.24) is 45.5 Å². The van der Waals surface area contributed by atoms with Crippen LogP contribution in [0.3, 0.4) is 0 Å². The van der Waals surface area contributed by atoms with E-state index in [0.717, 1.165) is 44.9 Å². The van der Waals surface area contributed by atoms with Gasteiger partial charge in [0.15, 0.2) is 22.7 Å². The third-order valence-electron chi connectivity index (χ3n) is 12.3. The van der Waals surface area contributed by atoms with Gasteiger partial charge in [0.2, 0.25) is 11.2 Å². The molecule has 4 aliphatic rings. The summed E-state index contributed by atoms with van der Waals surface area (Å²) < 4.78 is 18.9. The van der Waals surface area contributed by atoms with Gasteiger partial charge in [-0.3, -0.25) is 14.4 Å². The van der Waals surface area contributed by atoms with E-state index in [1.165, 1.54) is 16.9 Å². The summed E-state index contributed by atoms with van der Waals surface area (Å²) in [6.45, 7) is 6.28. The zero-order valence-corrected chi connectivity index (χ0v) is 40.4. The summed E-state index contributed by atoms with van der Waals surface area (Å²) >= 11 is 0. The largest absolute Gasteiger partial charge is 0.464 e. The number of aliphatic hydroxyl groups is 3. The Balaban J connectivity index is 0.000000202. The molecular formula is C50H56N12O10. The van der Waals surface area contributed by atoms with Crippen LogP contribution in [0.25, 0.3) is 33.4 Å². The number of primary amides is 1. The van der Waals surface area contributed by atoms with Gasteiger partial charge in [-0.25, -0.2) is 24.1 Å². The van der Waals surface area contributed by atoms with E-state index in [9.17, 15) is 29.4 Å². The number of rotatable bonds is 6.